The van der Waals surface area contributed by atoms with Gasteiger partial charge in [0.1, 0.15) is 29.7 Å². The molecule has 0 bridgehead atoms. The van der Waals surface area contributed by atoms with Crippen molar-refractivity contribution >= 4 is 5.97 Å². The highest BCUT2D eigenvalue weighted by Gasteiger charge is 2.15. The third-order valence-corrected chi connectivity index (χ3v) is 5.58. The van der Waals surface area contributed by atoms with Crippen molar-refractivity contribution in [2.24, 2.45) is 0 Å². The van der Waals surface area contributed by atoms with Crippen molar-refractivity contribution in [3.63, 3.8) is 0 Å². The van der Waals surface area contributed by atoms with Gasteiger partial charge in [-0.05, 0) is 59.9 Å². The third kappa shape index (κ3) is 6.73. The Morgan fingerprint density at radius 3 is 2.56 bits per heavy atom. The Labute approximate surface area is 200 Å². The summed E-state index contributed by atoms with van der Waals surface area (Å²) in [5.74, 6) is 0.521. The number of methoxy groups -OCH3 is 1. The van der Waals surface area contributed by atoms with Crippen molar-refractivity contribution in [3.05, 3.63) is 77.6 Å². The van der Waals surface area contributed by atoms with Crippen LogP contribution in [0.2, 0.25) is 0 Å². The van der Waals surface area contributed by atoms with Gasteiger partial charge in [-0.3, -0.25) is 4.79 Å². The standard InChI is InChI=1S/C28H31FO5/c1-4-5-13-33-27-15-20(9-11-24(27)25-17-22(32-3)10-12-26(25)29)18-34-23-8-6-7-21(16-23)19(2)14-28(30)31/h6-12,15-17,19H,4-5,13-14,18H2,1-3H3,(H,30,31)/t19-/m0/s1. The van der Waals surface area contributed by atoms with Crippen molar-refractivity contribution in [1.82, 2.24) is 0 Å². The summed E-state index contributed by atoms with van der Waals surface area (Å²) in [5, 5.41) is 9.05. The van der Waals surface area contributed by atoms with Crippen molar-refractivity contribution in [3.8, 4) is 28.4 Å². The molecular formula is C28H31FO5. The van der Waals surface area contributed by atoms with E-state index < -0.39 is 5.97 Å². The van der Waals surface area contributed by atoms with Gasteiger partial charge in [-0.1, -0.05) is 44.5 Å². The van der Waals surface area contributed by atoms with Crippen LogP contribution in [0.25, 0.3) is 11.1 Å². The molecule has 0 radical (unpaired) electrons. The maximum atomic E-state index is 14.6. The summed E-state index contributed by atoms with van der Waals surface area (Å²) in [6, 6.07) is 17.7. The molecule has 0 heterocycles. The van der Waals surface area contributed by atoms with Crippen LogP contribution in [-0.4, -0.2) is 24.8 Å². The Kier molecular flexibility index (Phi) is 8.91. The Balaban J connectivity index is 1.82. The van der Waals surface area contributed by atoms with Gasteiger partial charge in [-0.15, -0.1) is 0 Å². The normalized spacial score (nSPS) is 11.6. The molecule has 0 amide bonds. The zero-order valence-electron chi connectivity index (χ0n) is 19.8. The van der Waals surface area contributed by atoms with E-state index >= 15 is 0 Å². The third-order valence-electron chi connectivity index (χ3n) is 5.58. The molecule has 34 heavy (non-hydrogen) atoms. The number of aliphatic carboxylic acids is 1. The monoisotopic (exact) mass is 466 g/mol. The van der Waals surface area contributed by atoms with E-state index in [0.29, 0.717) is 41.6 Å². The van der Waals surface area contributed by atoms with E-state index in [1.54, 1.807) is 19.2 Å². The van der Waals surface area contributed by atoms with Crippen molar-refractivity contribution in [2.75, 3.05) is 13.7 Å². The summed E-state index contributed by atoms with van der Waals surface area (Å²) in [6.07, 6.45) is 1.94. The lowest BCUT2D eigenvalue weighted by Gasteiger charge is -2.16. The molecule has 0 aliphatic carbocycles. The molecule has 1 atom stereocenters. The molecule has 1 N–H and O–H groups in total. The van der Waals surface area contributed by atoms with Gasteiger partial charge < -0.3 is 19.3 Å². The van der Waals surface area contributed by atoms with E-state index in [4.69, 9.17) is 19.3 Å². The summed E-state index contributed by atoms with van der Waals surface area (Å²) >= 11 is 0. The highest BCUT2D eigenvalue weighted by Crippen LogP contribution is 2.35. The Morgan fingerprint density at radius 2 is 1.82 bits per heavy atom. The lowest BCUT2D eigenvalue weighted by molar-refractivity contribution is -0.137. The SMILES string of the molecule is CCCCOc1cc(COc2cccc([C@@H](C)CC(=O)O)c2)ccc1-c1cc(OC)ccc1F. The van der Waals surface area contributed by atoms with E-state index in [2.05, 4.69) is 6.92 Å². The van der Waals surface area contributed by atoms with Crippen molar-refractivity contribution in [1.29, 1.82) is 0 Å². The fourth-order valence-electron chi connectivity index (χ4n) is 3.62. The summed E-state index contributed by atoms with van der Waals surface area (Å²) in [6.45, 7) is 4.79. The average Bonchev–Trinajstić information content (AvgIpc) is 2.83. The summed E-state index contributed by atoms with van der Waals surface area (Å²) < 4.78 is 31.9. The van der Waals surface area contributed by atoms with E-state index in [9.17, 15) is 9.18 Å². The zero-order chi connectivity index (χ0) is 24.5. The molecule has 0 aromatic heterocycles. The van der Waals surface area contributed by atoms with Crippen LogP contribution in [0.15, 0.2) is 60.7 Å². The molecule has 3 rings (SSSR count). The number of halogens is 1. The number of carboxylic acids is 1. The van der Waals surface area contributed by atoms with Crippen LogP contribution in [-0.2, 0) is 11.4 Å². The zero-order valence-corrected chi connectivity index (χ0v) is 19.8. The van der Waals surface area contributed by atoms with Crippen molar-refractivity contribution < 1.29 is 28.5 Å². The largest absolute Gasteiger partial charge is 0.497 e. The van der Waals surface area contributed by atoms with Crippen LogP contribution in [0, 0.1) is 5.82 Å². The number of carbonyl (C=O) groups is 1. The van der Waals surface area contributed by atoms with Crippen LogP contribution in [0.1, 0.15) is 50.2 Å². The molecule has 180 valence electrons. The first-order chi connectivity index (χ1) is 16.4. The van der Waals surface area contributed by atoms with Crippen LogP contribution < -0.4 is 14.2 Å². The molecule has 0 fully saturated rings. The second-order valence-corrected chi connectivity index (χ2v) is 8.24. The highest BCUT2D eigenvalue weighted by molar-refractivity contribution is 5.72. The van der Waals surface area contributed by atoms with Crippen molar-refractivity contribution in [2.45, 2.75) is 45.6 Å². The van der Waals surface area contributed by atoms with Gasteiger partial charge in [0.05, 0.1) is 20.1 Å². The summed E-state index contributed by atoms with van der Waals surface area (Å²) in [5.41, 5.74) is 2.86. The van der Waals surface area contributed by atoms with Crippen LogP contribution >= 0.6 is 0 Å². The van der Waals surface area contributed by atoms with Gasteiger partial charge in [0.25, 0.3) is 0 Å². The summed E-state index contributed by atoms with van der Waals surface area (Å²) in [4.78, 5) is 11.0. The van der Waals surface area contributed by atoms with Gasteiger partial charge in [0.2, 0.25) is 0 Å². The van der Waals surface area contributed by atoms with E-state index in [0.717, 1.165) is 24.0 Å². The highest BCUT2D eigenvalue weighted by atomic mass is 19.1. The first-order valence-corrected chi connectivity index (χ1v) is 11.5. The van der Waals surface area contributed by atoms with E-state index in [1.165, 1.54) is 6.07 Å². The number of unbranched alkanes of at least 4 members (excludes halogenated alkanes) is 1. The molecule has 5 nitrogen and oxygen atoms in total. The number of benzene rings is 3. The molecule has 0 aliphatic heterocycles. The number of ether oxygens (including phenoxy) is 3. The smallest absolute Gasteiger partial charge is 0.303 e. The Morgan fingerprint density at radius 1 is 1.00 bits per heavy atom. The Hall–Kier alpha value is -3.54. The Bertz CT molecular complexity index is 1110. The number of hydrogen-bond acceptors (Lipinski definition) is 4. The molecule has 0 unspecified atom stereocenters. The van der Waals surface area contributed by atoms with E-state index in [-0.39, 0.29) is 18.2 Å². The fraction of sp³-hybridized carbons (Fsp3) is 0.321. The molecule has 0 saturated heterocycles. The first-order valence-electron chi connectivity index (χ1n) is 11.5. The maximum absolute atomic E-state index is 14.6. The predicted octanol–water partition coefficient (Wildman–Crippen LogP) is 6.84. The second-order valence-electron chi connectivity index (χ2n) is 8.24. The minimum atomic E-state index is -0.831. The van der Waals surface area contributed by atoms with Gasteiger partial charge >= 0.3 is 5.97 Å². The first kappa shape index (κ1) is 25.1. The van der Waals surface area contributed by atoms with Crippen LogP contribution in [0.3, 0.4) is 0 Å². The van der Waals surface area contributed by atoms with Gasteiger partial charge in [0.15, 0.2) is 0 Å². The minimum Gasteiger partial charge on any atom is -0.497 e. The van der Waals surface area contributed by atoms with E-state index in [1.807, 2.05) is 49.4 Å². The topological polar surface area (TPSA) is 65.0 Å². The molecule has 3 aromatic rings. The van der Waals surface area contributed by atoms with Gasteiger partial charge in [-0.2, -0.15) is 0 Å². The number of rotatable bonds is 12. The molecule has 6 heteroatoms. The molecular weight excluding hydrogens is 435 g/mol. The fourth-order valence-corrected chi connectivity index (χ4v) is 3.62. The van der Waals surface area contributed by atoms with Gasteiger partial charge in [-0.25, -0.2) is 4.39 Å². The van der Waals surface area contributed by atoms with Gasteiger partial charge in [0, 0.05) is 11.1 Å². The van der Waals surface area contributed by atoms with Crippen LogP contribution in [0.5, 0.6) is 17.2 Å². The summed E-state index contributed by atoms with van der Waals surface area (Å²) in [7, 11) is 1.55. The molecule has 0 saturated carbocycles. The molecule has 0 spiro atoms. The molecule has 3 aromatic carbocycles. The predicted molar refractivity (Wildman–Crippen MR) is 130 cm³/mol. The average molecular weight is 467 g/mol. The van der Waals surface area contributed by atoms with Crippen LogP contribution in [0.4, 0.5) is 4.39 Å². The molecule has 0 aliphatic rings. The quantitative estimate of drug-likeness (QED) is 0.296. The lowest BCUT2D eigenvalue weighted by atomic mass is 9.98. The maximum Gasteiger partial charge on any atom is 0.303 e. The lowest BCUT2D eigenvalue weighted by Crippen LogP contribution is -2.04. The second kappa shape index (κ2) is 12.1. The number of hydrogen-bond donors (Lipinski definition) is 1. The minimum absolute atomic E-state index is 0.0597. The number of carboxylic acid groups (broad SMARTS) is 1.